The summed E-state index contributed by atoms with van der Waals surface area (Å²) in [5.41, 5.74) is 9.75. The largest absolute Gasteiger partial charge is 0.480 e. The fourth-order valence-electron chi connectivity index (χ4n) is 1.64. The molecule has 8 nitrogen and oxygen atoms in total. The Kier molecular flexibility index (Phi) is 5.88. The lowest BCUT2D eigenvalue weighted by Crippen LogP contribution is -2.54. The Labute approximate surface area is 127 Å². The molecule has 0 radical (unpaired) electrons. The highest BCUT2D eigenvalue weighted by molar-refractivity contribution is 5.86. The van der Waals surface area contributed by atoms with Gasteiger partial charge >= 0.3 is 12.1 Å². The van der Waals surface area contributed by atoms with Gasteiger partial charge in [0.2, 0.25) is 5.91 Å². The Morgan fingerprint density at radius 2 is 1.91 bits per heavy atom. The molecule has 6 N–H and O–H groups in total. The molecule has 0 saturated heterocycles. The molecule has 1 aromatic rings. The maximum Gasteiger partial charge on any atom is 0.408 e. The number of carboxylic acids is 1. The van der Waals surface area contributed by atoms with Crippen molar-refractivity contribution in [1.29, 1.82) is 0 Å². The molecule has 0 aliphatic rings. The number of nitrogens with one attached hydrogen (secondary N) is 1. The molecule has 0 aromatic heterocycles. The number of ether oxygens (including phenoxy) is 1. The van der Waals surface area contributed by atoms with Gasteiger partial charge in [-0.05, 0) is 12.5 Å². The molecular formula is C14H19N3O5. The number of benzene rings is 1. The van der Waals surface area contributed by atoms with Gasteiger partial charge in [0.05, 0.1) is 0 Å². The Morgan fingerprint density at radius 3 is 2.41 bits per heavy atom. The minimum Gasteiger partial charge on any atom is -0.480 e. The molecule has 2 amide bonds. The standard InChI is InChI=1S/C14H19N3O5/c1-14(16,12(19)20)7-10(11(15)18)17-13(21)22-8-9-5-3-2-4-6-9/h2-6,10H,7-8,16H2,1H3,(H2,15,18)(H,17,21)(H,19,20)/t10-,14?/m0/s1. The molecule has 0 fully saturated rings. The zero-order chi connectivity index (χ0) is 16.8. The molecule has 0 aliphatic heterocycles. The van der Waals surface area contributed by atoms with Crippen LogP contribution < -0.4 is 16.8 Å². The summed E-state index contributed by atoms with van der Waals surface area (Å²) >= 11 is 0. The van der Waals surface area contributed by atoms with Gasteiger partial charge in [-0.2, -0.15) is 0 Å². The van der Waals surface area contributed by atoms with Crippen molar-refractivity contribution in [2.45, 2.75) is 31.5 Å². The van der Waals surface area contributed by atoms with E-state index >= 15 is 0 Å². The predicted octanol–water partition coefficient (Wildman–Crippen LogP) is -0.0412. The van der Waals surface area contributed by atoms with Crippen molar-refractivity contribution in [1.82, 2.24) is 5.32 Å². The predicted molar refractivity (Wildman–Crippen MR) is 77.6 cm³/mol. The normalized spacial score (nSPS) is 14.5. The van der Waals surface area contributed by atoms with Gasteiger partial charge in [-0.3, -0.25) is 9.59 Å². The average Bonchev–Trinajstić information content (AvgIpc) is 2.45. The van der Waals surface area contributed by atoms with Crippen LogP contribution in [0.4, 0.5) is 4.79 Å². The van der Waals surface area contributed by atoms with Crippen LogP contribution in [-0.4, -0.2) is 34.7 Å². The zero-order valence-electron chi connectivity index (χ0n) is 12.1. The maximum atomic E-state index is 11.7. The lowest BCUT2D eigenvalue weighted by molar-refractivity contribution is -0.143. The molecule has 2 atom stereocenters. The number of rotatable bonds is 7. The molecule has 0 spiro atoms. The Morgan fingerprint density at radius 1 is 1.32 bits per heavy atom. The van der Waals surface area contributed by atoms with Crippen LogP contribution >= 0.6 is 0 Å². The first-order valence-electron chi connectivity index (χ1n) is 6.51. The van der Waals surface area contributed by atoms with E-state index < -0.39 is 29.6 Å². The van der Waals surface area contributed by atoms with Crippen LogP contribution in [-0.2, 0) is 20.9 Å². The van der Waals surface area contributed by atoms with Crippen molar-refractivity contribution in [3.05, 3.63) is 35.9 Å². The molecule has 8 heteroatoms. The quantitative estimate of drug-likeness (QED) is 0.556. The van der Waals surface area contributed by atoms with Gasteiger partial charge in [0, 0.05) is 6.42 Å². The first-order chi connectivity index (χ1) is 10.2. The Hall–Kier alpha value is -2.61. The number of carboxylic acid groups (broad SMARTS) is 1. The van der Waals surface area contributed by atoms with E-state index in [1.165, 1.54) is 6.92 Å². The summed E-state index contributed by atoms with van der Waals surface area (Å²) in [6.07, 6.45) is -1.23. The van der Waals surface area contributed by atoms with Crippen molar-refractivity contribution in [3.8, 4) is 0 Å². The van der Waals surface area contributed by atoms with E-state index in [9.17, 15) is 14.4 Å². The lowest BCUT2D eigenvalue weighted by Gasteiger charge is -2.24. The Bertz CT molecular complexity index is 545. The van der Waals surface area contributed by atoms with E-state index in [4.69, 9.17) is 21.3 Å². The SMILES string of the molecule is CC(N)(C[C@H](NC(=O)OCc1ccccc1)C(N)=O)C(=O)O. The van der Waals surface area contributed by atoms with Gasteiger partial charge in [0.25, 0.3) is 0 Å². The van der Waals surface area contributed by atoms with Crippen LogP contribution in [0.15, 0.2) is 30.3 Å². The van der Waals surface area contributed by atoms with Crippen LogP contribution in [0.2, 0.25) is 0 Å². The summed E-state index contributed by atoms with van der Waals surface area (Å²) in [6, 6.07) is 7.68. The molecular weight excluding hydrogens is 290 g/mol. The van der Waals surface area contributed by atoms with Crippen LogP contribution in [0, 0.1) is 0 Å². The van der Waals surface area contributed by atoms with Gasteiger partial charge in [-0.25, -0.2) is 4.79 Å². The molecule has 1 unspecified atom stereocenters. The van der Waals surface area contributed by atoms with E-state index in [0.717, 1.165) is 5.56 Å². The number of carbonyl (C=O) groups is 3. The number of primary amides is 1. The highest BCUT2D eigenvalue weighted by Crippen LogP contribution is 2.10. The second-order valence-electron chi connectivity index (χ2n) is 5.09. The zero-order valence-corrected chi connectivity index (χ0v) is 12.1. The number of hydrogen-bond donors (Lipinski definition) is 4. The van der Waals surface area contributed by atoms with Crippen LogP contribution in [0.1, 0.15) is 18.9 Å². The lowest BCUT2D eigenvalue weighted by atomic mass is 9.94. The van der Waals surface area contributed by atoms with Gasteiger partial charge in [-0.1, -0.05) is 30.3 Å². The monoisotopic (exact) mass is 309 g/mol. The summed E-state index contributed by atoms with van der Waals surface area (Å²) in [5.74, 6) is -2.20. The molecule has 0 heterocycles. The summed E-state index contributed by atoms with van der Waals surface area (Å²) in [4.78, 5) is 33.9. The number of amides is 2. The van der Waals surface area contributed by atoms with Crippen molar-refractivity contribution < 1.29 is 24.2 Å². The highest BCUT2D eigenvalue weighted by Gasteiger charge is 2.34. The van der Waals surface area contributed by atoms with E-state index in [2.05, 4.69) is 5.32 Å². The molecule has 120 valence electrons. The van der Waals surface area contributed by atoms with Crippen LogP contribution in [0.5, 0.6) is 0 Å². The minimum atomic E-state index is -1.70. The second kappa shape index (κ2) is 7.41. The summed E-state index contributed by atoms with van der Waals surface area (Å²) in [5, 5.41) is 11.2. The second-order valence-corrected chi connectivity index (χ2v) is 5.09. The summed E-state index contributed by atoms with van der Waals surface area (Å²) in [6.45, 7) is 1.24. The van der Waals surface area contributed by atoms with Gasteiger partial charge in [-0.15, -0.1) is 0 Å². The van der Waals surface area contributed by atoms with Crippen molar-refractivity contribution in [2.24, 2.45) is 11.5 Å². The van der Waals surface area contributed by atoms with E-state index in [1.807, 2.05) is 6.07 Å². The van der Waals surface area contributed by atoms with Crippen LogP contribution in [0.3, 0.4) is 0 Å². The van der Waals surface area contributed by atoms with Crippen molar-refractivity contribution in [3.63, 3.8) is 0 Å². The third-order valence-electron chi connectivity index (χ3n) is 2.97. The fourth-order valence-corrected chi connectivity index (χ4v) is 1.64. The first kappa shape index (κ1) is 17.4. The van der Waals surface area contributed by atoms with Crippen molar-refractivity contribution in [2.75, 3.05) is 0 Å². The third-order valence-corrected chi connectivity index (χ3v) is 2.97. The Balaban J connectivity index is 2.58. The van der Waals surface area contributed by atoms with Gasteiger partial charge in [0.15, 0.2) is 0 Å². The van der Waals surface area contributed by atoms with Gasteiger partial charge in [0.1, 0.15) is 18.2 Å². The first-order valence-corrected chi connectivity index (χ1v) is 6.51. The highest BCUT2D eigenvalue weighted by atomic mass is 16.5. The smallest absolute Gasteiger partial charge is 0.408 e. The van der Waals surface area contributed by atoms with Crippen molar-refractivity contribution >= 4 is 18.0 Å². The third kappa shape index (κ3) is 5.41. The molecule has 1 aromatic carbocycles. The van der Waals surface area contributed by atoms with E-state index in [-0.39, 0.29) is 13.0 Å². The average molecular weight is 309 g/mol. The summed E-state index contributed by atoms with van der Waals surface area (Å²) in [7, 11) is 0. The molecule has 0 aliphatic carbocycles. The van der Waals surface area contributed by atoms with E-state index in [1.54, 1.807) is 24.3 Å². The number of aliphatic carboxylic acids is 1. The minimum absolute atomic E-state index is 0.0109. The number of hydrogen-bond acceptors (Lipinski definition) is 5. The number of nitrogens with two attached hydrogens (primary N) is 2. The molecule has 0 saturated carbocycles. The van der Waals surface area contributed by atoms with Crippen LogP contribution in [0.25, 0.3) is 0 Å². The fraction of sp³-hybridized carbons (Fsp3) is 0.357. The molecule has 1 rings (SSSR count). The topological polar surface area (TPSA) is 145 Å². The number of carbonyl (C=O) groups excluding carboxylic acids is 2. The molecule has 0 bridgehead atoms. The summed E-state index contributed by atoms with van der Waals surface area (Å²) < 4.78 is 4.94. The van der Waals surface area contributed by atoms with Gasteiger partial charge < -0.3 is 26.6 Å². The molecule has 22 heavy (non-hydrogen) atoms. The maximum absolute atomic E-state index is 11.7. The van der Waals surface area contributed by atoms with E-state index in [0.29, 0.717) is 0 Å². The number of alkyl carbamates (subject to hydrolysis) is 1.